The van der Waals surface area contributed by atoms with Crippen LogP contribution < -0.4 is 14.2 Å². The van der Waals surface area contributed by atoms with Crippen molar-refractivity contribution in [3.8, 4) is 17.2 Å². The predicted octanol–water partition coefficient (Wildman–Crippen LogP) is 3.98. The summed E-state index contributed by atoms with van der Waals surface area (Å²) in [7, 11) is 4.70. The van der Waals surface area contributed by atoms with Gasteiger partial charge in [0.1, 0.15) is 5.75 Å². The van der Waals surface area contributed by atoms with Crippen LogP contribution in [0.25, 0.3) is 6.08 Å². The fourth-order valence-electron chi connectivity index (χ4n) is 2.00. The molecule has 0 saturated carbocycles. The Bertz CT molecular complexity index is 701. The normalized spacial score (nSPS) is 10.7. The Labute approximate surface area is 133 Å². The maximum atomic E-state index is 12.1. The van der Waals surface area contributed by atoms with Gasteiger partial charge in [-0.3, -0.25) is 4.79 Å². The van der Waals surface area contributed by atoms with Crippen molar-refractivity contribution in [2.45, 2.75) is 6.92 Å². The molecule has 1 aromatic carbocycles. The lowest BCUT2D eigenvalue weighted by molar-refractivity contribution is 0.105. The van der Waals surface area contributed by atoms with Crippen LogP contribution in [0.2, 0.25) is 0 Å². The van der Waals surface area contributed by atoms with Crippen LogP contribution in [0.4, 0.5) is 0 Å². The largest absolute Gasteiger partial charge is 0.496 e. The van der Waals surface area contributed by atoms with Crippen LogP contribution in [0.1, 0.15) is 20.1 Å². The van der Waals surface area contributed by atoms with Crippen molar-refractivity contribution in [2.24, 2.45) is 0 Å². The molecule has 1 aromatic heterocycles. The molecule has 0 aliphatic rings. The van der Waals surface area contributed by atoms with E-state index in [4.69, 9.17) is 14.2 Å². The Morgan fingerprint density at radius 1 is 1.00 bits per heavy atom. The maximum Gasteiger partial charge on any atom is 0.195 e. The second-order valence-corrected chi connectivity index (χ2v) is 5.84. The molecule has 1 heterocycles. The van der Waals surface area contributed by atoms with E-state index in [9.17, 15) is 4.79 Å². The summed E-state index contributed by atoms with van der Waals surface area (Å²) in [6.07, 6.45) is 3.26. The molecule has 0 aliphatic carbocycles. The maximum absolute atomic E-state index is 12.1. The molecule has 116 valence electrons. The number of aryl methyl sites for hydroxylation is 1. The van der Waals surface area contributed by atoms with Crippen molar-refractivity contribution in [3.05, 3.63) is 45.7 Å². The summed E-state index contributed by atoms with van der Waals surface area (Å²) in [4.78, 5) is 14.0. The second kappa shape index (κ2) is 7.13. The molecule has 4 nitrogen and oxygen atoms in total. The highest BCUT2D eigenvalue weighted by atomic mass is 32.1. The van der Waals surface area contributed by atoms with Gasteiger partial charge in [-0.15, -0.1) is 11.3 Å². The van der Waals surface area contributed by atoms with Crippen LogP contribution in [0.15, 0.2) is 30.3 Å². The number of carbonyl (C=O) groups excluding carboxylic acids is 1. The minimum Gasteiger partial charge on any atom is -0.496 e. The first kappa shape index (κ1) is 16.1. The van der Waals surface area contributed by atoms with Gasteiger partial charge in [0.05, 0.1) is 26.2 Å². The Morgan fingerprint density at radius 2 is 1.64 bits per heavy atom. The van der Waals surface area contributed by atoms with Gasteiger partial charge in [0.2, 0.25) is 0 Å². The lowest BCUT2D eigenvalue weighted by Crippen LogP contribution is -1.95. The summed E-state index contributed by atoms with van der Waals surface area (Å²) in [5, 5.41) is 0. The molecule has 22 heavy (non-hydrogen) atoms. The van der Waals surface area contributed by atoms with Crippen LogP contribution in [-0.2, 0) is 0 Å². The highest BCUT2D eigenvalue weighted by Gasteiger charge is 2.11. The van der Waals surface area contributed by atoms with E-state index in [0.29, 0.717) is 22.1 Å². The number of methoxy groups -OCH3 is 3. The number of benzene rings is 1. The van der Waals surface area contributed by atoms with Gasteiger partial charge in [0, 0.05) is 16.5 Å². The molecule has 2 rings (SSSR count). The Morgan fingerprint density at radius 3 is 2.18 bits per heavy atom. The minimum absolute atomic E-state index is 0.0325. The average Bonchev–Trinajstić information content (AvgIpc) is 2.98. The van der Waals surface area contributed by atoms with Crippen molar-refractivity contribution in [3.63, 3.8) is 0 Å². The second-order valence-electron chi connectivity index (χ2n) is 4.56. The summed E-state index contributed by atoms with van der Waals surface area (Å²) in [6, 6.07) is 7.28. The van der Waals surface area contributed by atoms with E-state index < -0.39 is 0 Å². The zero-order valence-corrected chi connectivity index (χ0v) is 13.8. The summed E-state index contributed by atoms with van der Waals surface area (Å²) >= 11 is 1.48. The van der Waals surface area contributed by atoms with Crippen LogP contribution in [-0.4, -0.2) is 27.1 Å². The highest BCUT2D eigenvalue weighted by Crippen LogP contribution is 2.35. The van der Waals surface area contributed by atoms with Gasteiger partial charge < -0.3 is 14.2 Å². The zero-order valence-electron chi connectivity index (χ0n) is 13.0. The summed E-state index contributed by atoms with van der Waals surface area (Å²) < 4.78 is 15.8. The van der Waals surface area contributed by atoms with Gasteiger partial charge >= 0.3 is 0 Å². The molecule has 0 unspecified atom stereocenters. The third-order valence-corrected chi connectivity index (χ3v) is 4.15. The average molecular weight is 318 g/mol. The van der Waals surface area contributed by atoms with Crippen molar-refractivity contribution in [1.82, 2.24) is 0 Å². The van der Waals surface area contributed by atoms with Gasteiger partial charge in [-0.25, -0.2) is 0 Å². The zero-order chi connectivity index (χ0) is 16.1. The van der Waals surface area contributed by atoms with E-state index >= 15 is 0 Å². The van der Waals surface area contributed by atoms with Gasteiger partial charge in [-0.05, 0) is 37.3 Å². The predicted molar refractivity (Wildman–Crippen MR) is 88.5 cm³/mol. The monoisotopic (exact) mass is 318 g/mol. The third kappa shape index (κ3) is 3.49. The fourth-order valence-corrected chi connectivity index (χ4v) is 2.79. The van der Waals surface area contributed by atoms with Crippen LogP contribution in [0, 0.1) is 6.92 Å². The quantitative estimate of drug-likeness (QED) is 0.597. The van der Waals surface area contributed by atoms with E-state index in [1.165, 1.54) is 17.4 Å². The number of ether oxygens (including phenoxy) is 3. The molecule has 0 saturated heterocycles. The molecular weight excluding hydrogens is 300 g/mol. The standard InChI is InChI=1S/C17H18O4S/c1-11-5-8-17(22-11)13(18)7-6-12-9-15(20-3)16(21-4)10-14(12)19-2/h5-10H,1-4H3/b7-6+. The molecule has 0 aliphatic heterocycles. The van der Waals surface area contributed by atoms with Crippen molar-refractivity contribution >= 4 is 23.2 Å². The SMILES string of the molecule is COc1cc(OC)c(OC)cc1/C=C/C(=O)c1ccc(C)s1. The number of rotatable bonds is 6. The fraction of sp³-hybridized carbons (Fsp3) is 0.235. The molecule has 0 atom stereocenters. The Hall–Kier alpha value is -2.27. The van der Waals surface area contributed by atoms with Crippen molar-refractivity contribution in [2.75, 3.05) is 21.3 Å². The van der Waals surface area contributed by atoms with Crippen molar-refractivity contribution < 1.29 is 19.0 Å². The van der Waals surface area contributed by atoms with Gasteiger partial charge in [-0.1, -0.05) is 0 Å². The van der Waals surface area contributed by atoms with Gasteiger partial charge in [0.25, 0.3) is 0 Å². The van der Waals surface area contributed by atoms with Crippen LogP contribution in [0.5, 0.6) is 17.2 Å². The molecule has 2 aromatic rings. The number of thiophene rings is 1. The van der Waals surface area contributed by atoms with Crippen LogP contribution in [0.3, 0.4) is 0 Å². The molecule has 5 heteroatoms. The van der Waals surface area contributed by atoms with E-state index in [0.717, 1.165) is 10.4 Å². The molecule has 0 spiro atoms. The summed E-state index contributed by atoms with van der Waals surface area (Å²) in [5.74, 6) is 1.75. The Kier molecular flexibility index (Phi) is 5.22. The van der Waals surface area contributed by atoms with E-state index in [-0.39, 0.29) is 5.78 Å². The van der Waals surface area contributed by atoms with Gasteiger partial charge in [-0.2, -0.15) is 0 Å². The topological polar surface area (TPSA) is 44.8 Å². The van der Waals surface area contributed by atoms with Gasteiger partial charge in [0.15, 0.2) is 17.3 Å². The lowest BCUT2D eigenvalue weighted by atomic mass is 10.1. The summed E-state index contributed by atoms with van der Waals surface area (Å²) in [5.41, 5.74) is 0.752. The van der Waals surface area contributed by atoms with Crippen molar-refractivity contribution in [1.29, 1.82) is 0 Å². The first-order valence-electron chi connectivity index (χ1n) is 6.68. The molecule has 0 fully saturated rings. The van der Waals surface area contributed by atoms with E-state index in [2.05, 4.69) is 0 Å². The van der Waals surface area contributed by atoms with E-state index in [1.807, 2.05) is 19.1 Å². The molecule has 0 bridgehead atoms. The number of hydrogen-bond donors (Lipinski definition) is 0. The number of ketones is 1. The molecule has 0 N–H and O–H groups in total. The Balaban J connectivity index is 2.31. The smallest absolute Gasteiger partial charge is 0.195 e. The van der Waals surface area contributed by atoms with Crippen LogP contribution >= 0.6 is 11.3 Å². The summed E-state index contributed by atoms with van der Waals surface area (Å²) in [6.45, 7) is 1.97. The molecule has 0 radical (unpaired) electrons. The molecule has 0 amide bonds. The number of allylic oxidation sites excluding steroid dienone is 1. The lowest BCUT2D eigenvalue weighted by Gasteiger charge is -2.12. The number of hydrogen-bond acceptors (Lipinski definition) is 5. The third-order valence-electron chi connectivity index (χ3n) is 3.13. The van der Waals surface area contributed by atoms with E-state index in [1.54, 1.807) is 39.5 Å². The molecular formula is C17H18O4S. The number of carbonyl (C=O) groups is 1. The first-order valence-corrected chi connectivity index (χ1v) is 7.49. The first-order chi connectivity index (χ1) is 10.6. The minimum atomic E-state index is -0.0325. The highest BCUT2D eigenvalue weighted by molar-refractivity contribution is 7.14.